The molecule has 0 bridgehead atoms. The third kappa shape index (κ3) is 2.45. The molecule has 1 aliphatic heterocycles. The second-order valence-corrected chi connectivity index (χ2v) is 4.06. The largest absolute Gasteiger partial charge is 0.497 e. The molecule has 1 heterocycles. The number of benzene rings is 1. The number of carbonyl (C=O) groups is 1. The highest BCUT2D eigenvalue weighted by Crippen LogP contribution is 2.45. The van der Waals surface area contributed by atoms with Crippen LogP contribution < -0.4 is 9.64 Å². The molecule has 2 atom stereocenters. The molecule has 104 valence electrons. The van der Waals surface area contributed by atoms with Crippen LogP contribution in [-0.4, -0.2) is 38.4 Å². The topological polar surface area (TPSA) is 38.5 Å². The van der Waals surface area contributed by atoms with Gasteiger partial charge in [0.25, 0.3) is 0 Å². The fourth-order valence-electron chi connectivity index (χ4n) is 2.01. The minimum absolute atomic E-state index is 0.304. The van der Waals surface area contributed by atoms with Gasteiger partial charge in [-0.05, 0) is 24.3 Å². The van der Waals surface area contributed by atoms with Crippen LogP contribution in [0.4, 0.5) is 18.9 Å². The van der Waals surface area contributed by atoms with Gasteiger partial charge < -0.3 is 14.4 Å². The number of nitrogens with zero attached hydrogens (tertiary/aromatic N) is 1. The summed E-state index contributed by atoms with van der Waals surface area (Å²) in [4.78, 5) is 12.3. The molecule has 1 aromatic rings. The average Bonchev–Trinajstić information content (AvgIpc) is 3.13. The molecule has 0 unspecified atom stereocenters. The fraction of sp³-hybridized carbons (Fsp3) is 0.417. The third-order valence-electron chi connectivity index (χ3n) is 2.96. The zero-order chi connectivity index (χ0) is 14.2. The first-order valence-corrected chi connectivity index (χ1v) is 5.47. The Hall–Kier alpha value is -1.92. The van der Waals surface area contributed by atoms with Crippen LogP contribution in [0.5, 0.6) is 5.75 Å². The lowest BCUT2D eigenvalue weighted by Gasteiger charge is -2.08. The van der Waals surface area contributed by atoms with Gasteiger partial charge in [0.2, 0.25) is 0 Å². The number of anilines is 1. The SMILES string of the molecule is COC(=O)[C@@H]1[C@H](C(F)(F)F)N1c1ccc(OC)cc1. The number of carbonyl (C=O) groups excluding carboxylic acids is 1. The van der Waals surface area contributed by atoms with E-state index in [1.165, 1.54) is 31.4 Å². The third-order valence-corrected chi connectivity index (χ3v) is 2.96. The molecule has 7 heteroatoms. The Morgan fingerprint density at radius 3 is 2.21 bits per heavy atom. The van der Waals surface area contributed by atoms with E-state index in [1.807, 2.05) is 0 Å². The van der Waals surface area contributed by atoms with Crippen LogP contribution in [0, 0.1) is 0 Å². The number of esters is 1. The Labute approximate surface area is 107 Å². The normalized spacial score (nSPS) is 22.1. The van der Waals surface area contributed by atoms with Crippen molar-refractivity contribution in [3.05, 3.63) is 24.3 Å². The molecule has 1 aliphatic rings. The molecule has 1 aromatic carbocycles. The summed E-state index contributed by atoms with van der Waals surface area (Å²) in [5.74, 6) is -0.359. The van der Waals surface area contributed by atoms with Gasteiger partial charge in [-0.15, -0.1) is 0 Å². The predicted octanol–water partition coefficient (Wildman–Crippen LogP) is 1.99. The van der Waals surface area contributed by atoms with Crippen molar-refractivity contribution in [3.8, 4) is 5.75 Å². The molecule has 0 N–H and O–H groups in total. The molecular formula is C12H12F3NO3. The minimum Gasteiger partial charge on any atom is -0.497 e. The molecule has 19 heavy (non-hydrogen) atoms. The van der Waals surface area contributed by atoms with Crippen LogP contribution in [-0.2, 0) is 9.53 Å². The molecule has 0 aliphatic carbocycles. The maximum Gasteiger partial charge on any atom is 0.411 e. The summed E-state index contributed by atoms with van der Waals surface area (Å²) in [6.07, 6.45) is -4.47. The second kappa shape index (κ2) is 4.64. The van der Waals surface area contributed by atoms with Gasteiger partial charge in [0, 0.05) is 5.69 Å². The van der Waals surface area contributed by atoms with Crippen LogP contribution in [0.3, 0.4) is 0 Å². The van der Waals surface area contributed by atoms with Crippen molar-refractivity contribution in [3.63, 3.8) is 0 Å². The van der Waals surface area contributed by atoms with Crippen molar-refractivity contribution in [2.45, 2.75) is 18.3 Å². The summed E-state index contributed by atoms with van der Waals surface area (Å²) < 4.78 is 47.7. The predicted molar refractivity (Wildman–Crippen MR) is 61.1 cm³/mol. The molecule has 0 radical (unpaired) electrons. The van der Waals surface area contributed by atoms with Crippen molar-refractivity contribution < 1.29 is 27.4 Å². The first-order valence-electron chi connectivity index (χ1n) is 5.47. The maximum atomic E-state index is 12.8. The number of hydrogen-bond donors (Lipinski definition) is 0. The van der Waals surface area contributed by atoms with E-state index in [9.17, 15) is 18.0 Å². The summed E-state index contributed by atoms with van der Waals surface area (Å²) in [7, 11) is 2.53. The average molecular weight is 275 g/mol. The summed E-state index contributed by atoms with van der Waals surface area (Å²) >= 11 is 0. The van der Waals surface area contributed by atoms with Gasteiger partial charge in [-0.1, -0.05) is 0 Å². The van der Waals surface area contributed by atoms with Crippen LogP contribution in [0.1, 0.15) is 0 Å². The Morgan fingerprint density at radius 2 is 1.79 bits per heavy atom. The van der Waals surface area contributed by atoms with Gasteiger partial charge in [-0.2, -0.15) is 13.2 Å². The molecule has 4 nitrogen and oxygen atoms in total. The summed E-state index contributed by atoms with van der Waals surface area (Å²) in [5.41, 5.74) is 0.304. The van der Waals surface area contributed by atoms with E-state index in [-0.39, 0.29) is 0 Å². The molecule has 1 fully saturated rings. The van der Waals surface area contributed by atoms with Crippen molar-refractivity contribution in [2.75, 3.05) is 19.1 Å². The van der Waals surface area contributed by atoms with Gasteiger partial charge in [0.1, 0.15) is 5.75 Å². The quantitative estimate of drug-likeness (QED) is 0.624. The van der Waals surface area contributed by atoms with Crippen molar-refractivity contribution in [1.29, 1.82) is 0 Å². The summed E-state index contributed by atoms with van der Waals surface area (Å²) in [5, 5.41) is 0. The Bertz CT molecular complexity index is 472. The maximum absolute atomic E-state index is 12.8. The van der Waals surface area contributed by atoms with Gasteiger partial charge in [0.05, 0.1) is 14.2 Å². The van der Waals surface area contributed by atoms with Crippen LogP contribution in [0.15, 0.2) is 24.3 Å². The highest BCUT2D eigenvalue weighted by atomic mass is 19.4. The molecule has 0 aromatic heterocycles. The molecule has 0 amide bonds. The summed E-state index contributed by atoms with van der Waals surface area (Å²) in [6.45, 7) is 0. The summed E-state index contributed by atoms with van der Waals surface area (Å²) in [6, 6.07) is 2.89. The second-order valence-electron chi connectivity index (χ2n) is 4.06. The smallest absolute Gasteiger partial charge is 0.411 e. The first kappa shape index (κ1) is 13.5. The zero-order valence-corrected chi connectivity index (χ0v) is 10.3. The van der Waals surface area contributed by atoms with Crippen LogP contribution in [0.25, 0.3) is 0 Å². The highest BCUT2D eigenvalue weighted by Gasteiger charge is 2.67. The lowest BCUT2D eigenvalue weighted by atomic mass is 10.3. The fourth-order valence-corrected chi connectivity index (χ4v) is 2.01. The Kier molecular flexibility index (Phi) is 3.30. The number of ether oxygens (including phenoxy) is 2. The standard InChI is InChI=1S/C12H12F3NO3/c1-18-8-5-3-7(4-6-8)16-9(11(17)19-2)10(16)12(13,14)15/h3-6,9-10H,1-2H3/t9-,10+,16?/m0/s1. The van der Waals surface area contributed by atoms with E-state index in [4.69, 9.17) is 4.74 Å². The molecule has 1 saturated heterocycles. The zero-order valence-electron chi connectivity index (χ0n) is 10.3. The van der Waals surface area contributed by atoms with Crippen molar-refractivity contribution >= 4 is 11.7 Å². The van der Waals surface area contributed by atoms with Crippen molar-refractivity contribution in [1.82, 2.24) is 0 Å². The lowest BCUT2D eigenvalue weighted by molar-refractivity contribution is -0.147. The van der Waals surface area contributed by atoms with E-state index in [0.29, 0.717) is 11.4 Å². The first-order chi connectivity index (χ1) is 8.90. The number of rotatable bonds is 3. The molecule has 2 rings (SSSR count). The number of halogens is 3. The van der Waals surface area contributed by atoms with Gasteiger partial charge in [0.15, 0.2) is 12.1 Å². The van der Waals surface area contributed by atoms with Gasteiger partial charge in [-0.3, -0.25) is 0 Å². The van der Waals surface area contributed by atoms with Gasteiger partial charge in [-0.25, -0.2) is 4.79 Å². The number of alkyl halides is 3. The van der Waals surface area contributed by atoms with E-state index in [0.717, 1.165) is 12.0 Å². The number of methoxy groups -OCH3 is 2. The van der Waals surface area contributed by atoms with Crippen molar-refractivity contribution in [2.24, 2.45) is 0 Å². The number of hydrogen-bond acceptors (Lipinski definition) is 4. The highest BCUT2D eigenvalue weighted by molar-refractivity contribution is 5.88. The molecular weight excluding hydrogens is 263 g/mol. The lowest BCUT2D eigenvalue weighted by Crippen LogP contribution is -2.23. The monoisotopic (exact) mass is 275 g/mol. The van der Waals surface area contributed by atoms with Crippen LogP contribution >= 0.6 is 0 Å². The Balaban J connectivity index is 2.24. The van der Waals surface area contributed by atoms with Gasteiger partial charge >= 0.3 is 12.1 Å². The minimum atomic E-state index is -4.47. The van der Waals surface area contributed by atoms with E-state index >= 15 is 0 Å². The van der Waals surface area contributed by atoms with Crippen LogP contribution in [0.2, 0.25) is 0 Å². The molecule has 0 saturated carbocycles. The van der Waals surface area contributed by atoms with E-state index in [2.05, 4.69) is 4.74 Å². The Morgan fingerprint density at radius 1 is 1.21 bits per heavy atom. The van der Waals surface area contributed by atoms with E-state index < -0.39 is 24.2 Å². The van der Waals surface area contributed by atoms with E-state index in [1.54, 1.807) is 0 Å². The molecule has 0 spiro atoms.